The standard InChI is InChI=1S/C19H37N5O3.HI/c1-15-13-23(14-16(2)24(15)8-10-26-5)19(21-12-18(25)22(3)4)20-11-17-7-6-9-27-17;/h15-17H,6-14H2,1-5H3,(H,20,21);1H. The second-order valence-corrected chi connectivity index (χ2v) is 7.78. The molecule has 2 rings (SSSR count). The van der Waals surface area contributed by atoms with Gasteiger partial charge in [-0.25, -0.2) is 4.99 Å². The lowest BCUT2D eigenvalue weighted by atomic mass is 10.1. The molecule has 0 aromatic carbocycles. The molecule has 0 saturated carbocycles. The van der Waals surface area contributed by atoms with E-state index in [0.29, 0.717) is 12.1 Å². The molecule has 2 fully saturated rings. The zero-order valence-corrected chi connectivity index (χ0v) is 20.3. The first-order valence-electron chi connectivity index (χ1n) is 10.0. The van der Waals surface area contributed by atoms with Gasteiger partial charge in [0.25, 0.3) is 0 Å². The molecule has 8 nitrogen and oxygen atoms in total. The van der Waals surface area contributed by atoms with Crippen molar-refractivity contribution in [1.82, 2.24) is 20.0 Å². The number of nitrogens with zero attached hydrogens (tertiary/aromatic N) is 4. The summed E-state index contributed by atoms with van der Waals surface area (Å²) in [5.74, 6) is 0.817. The number of aliphatic imine (C=N–C) groups is 1. The summed E-state index contributed by atoms with van der Waals surface area (Å²) in [5.41, 5.74) is 0. The van der Waals surface area contributed by atoms with Gasteiger partial charge in [-0.05, 0) is 26.7 Å². The monoisotopic (exact) mass is 511 g/mol. The van der Waals surface area contributed by atoms with Crippen LogP contribution in [0.15, 0.2) is 4.99 Å². The topological polar surface area (TPSA) is 69.6 Å². The van der Waals surface area contributed by atoms with Crippen molar-refractivity contribution in [2.45, 2.75) is 44.9 Å². The number of nitrogens with one attached hydrogen (secondary N) is 1. The third-order valence-corrected chi connectivity index (χ3v) is 5.33. The van der Waals surface area contributed by atoms with Crippen molar-refractivity contribution in [2.75, 3.05) is 67.1 Å². The Hall–Kier alpha value is -0.650. The van der Waals surface area contributed by atoms with E-state index in [9.17, 15) is 4.79 Å². The molecule has 1 amide bonds. The zero-order chi connectivity index (χ0) is 19.8. The average molecular weight is 511 g/mol. The van der Waals surface area contributed by atoms with Crippen LogP contribution in [-0.4, -0.2) is 112 Å². The first-order valence-corrected chi connectivity index (χ1v) is 10.0. The minimum atomic E-state index is 0. The van der Waals surface area contributed by atoms with Crippen LogP contribution in [0.4, 0.5) is 0 Å². The highest BCUT2D eigenvalue weighted by Crippen LogP contribution is 2.16. The Balaban J connectivity index is 0.00000392. The summed E-state index contributed by atoms with van der Waals surface area (Å²) in [6.07, 6.45) is 2.43. The van der Waals surface area contributed by atoms with Crippen LogP contribution in [0, 0.1) is 0 Å². The van der Waals surface area contributed by atoms with E-state index in [2.05, 4.69) is 34.0 Å². The quantitative estimate of drug-likeness (QED) is 0.311. The van der Waals surface area contributed by atoms with Crippen LogP contribution in [0.2, 0.25) is 0 Å². The van der Waals surface area contributed by atoms with Gasteiger partial charge in [0.1, 0.15) is 6.54 Å². The van der Waals surface area contributed by atoms with E-state index in [1.807, 2.05) is 0 Å². The molecule has 2 aliphatic heterocycles. The van der Waals surface area contributed by atoms with Crippen LogP contribution in [0.3, 0.4) is 0 Å². The van der Waals surface area contributed by atoms with E-state index in [1.165, 1.54) is 0 Å². The fraction of sp³-hybridized carbons (Fsp3) is 0.895. The Morgan fingerprint density at radius 3 is 2.50 bits per heavy atom. The number of guanidine groups is 1. The zero-order valence-electron chi connectivity index (χ0n) is 18.0. The predicted octanol–water partition coefficient (Wildman–Crippen LogP) is 0.858. The molecule has 164 valence electrons. The summed E-state index contributed by atoms with van der Waals surface area (Å²) in [4.78, 5) is 23.0. The molecule has 0 radical (unpaired) electrons. The minimum Gasteiger partial charge on any atom is -0.383 e. The molecule has 0 aromatic heterocycles. The summed E-state index contributed by atoms with van der Waals surface area (Å²) < 4.78 is 11.0. The number of hydrogen-bond acceptors (Lipinski definition) is 5. The molecule has 28 heavy (non-hydrogen) atoms. The van der Waals surface area contributed by atoms with Gasteiger partial charge in [-0.15, -0.1) is 24.0 Å². The third-order valence-electron chi connectivity index (χ3n) is 5.33. The van der Waals surface area contributed by atoms with E-state index in [1.54, 1.807) is 26.1 Å². The van der Waals surface area contributed by atoms with E-state index >= 15 is 0 Å². The van der Waals surface area contributed by atoms with Crippen molar-refractivity contribution in [3.05, 3.63) is 0 Å². The minimum absolute atomic E-state index is 0. The van der Waals surface area contributed by atoms with Crippen LogP contribution >= 0.6 is 24.0 Å². The largest absolute Gasteiger partial charge is 0.383 e. The molecule has 2 aliphatic rings. The van der Waals surface area contributed by atoms with Crippen LogP contribution in [0.5, 0.6) is 0 Å². The Kier molecular flexibility index (Phi) is 11.6. The van der Waals surface area contributed by atoms with Crippen molar-refractivity contribution in [1.29, 1.82) is 0 Å². The van der Waals surface area contributed by atoms with Gasteiger partial charge < -0.3 is 24.6 Å². The number of carbonyl (C=O) groups is 1. The van der Waals surface area contributed by atoms with Crippen LogP contribution in [0.25, 0.3) is 0 Å². The van der Waals surface area contributed by atoms with Gasteiger partial charge in [-0.3, -0.25) is 9.69 Å². The molecule has 2 saturated heterocycles. The lowest BCUT2D eigenvalue weighted by molar-refractivity contribution is -0.127. The molecular formula is C19H38IN5O3. The highest BCUT2D eigenvalue weighted by Gasteiger charge is 2.31. The van der Waals surface area contributed by atoms with Gasteiger partial charge >= 0.3 is 0 Å². The number of methoxy groups -OCH3 is 1. The van der Waals surface area contributed by atoms with Gasteiger partial charge in [0, 0.05) is 66.1 Å². The number of hydrogen-bond donors (Lipinski definition) is 1. The predicted molar refractivity (Wildman–Crippen MR) is 122 cm³/mol. The SMILES string of the molecule is COCCN1C(C)CN(C(=NCC(=O)N(C)C)NCC2CCCO2)CC1C.I. The van der Waals surface area contributed by atoms with Crippen molar-refractivity contribution < 1.29 is 14.3 Å². The van der Waals surface area contributed by atoms with E-state index < -0.39 is 0 Å². The van der Waals surface area contributed by atoms with E-state index in [-0.39, 0.29) is 42.5 Å². The maximum absolute atomic E-state index is 12.0. The number of rotatable bonds is 7. The Morgan fingerprint density at radius 2 is 1.96 bits per heavy atom. The van der Waals surface area contributed by atoms with Crippen LogP contribution in [0.1, 0.15) is 26.7 Å². The molecular weight excluding hydrogens is 473 g/mol. The number of amides is 1. The number of likely N-dealkylation sites (N-methyl/N-ethyl adjacent to an activating group) is 1. The third kappa shape index (κ3) is 7.64. The van der Waals surface area contributed by atoms with Crippen LogP contribution < -0.4 is 5.32 Å². The smallest absolute Gasteiger partial charge is 0.243 e. The molecule has 9 heteroatoms. The molecule has 2 heterocycles. The van der Waals surface area contributed by atoms with Gasteiger partial charge in [0.2, 0.25) is 5.91 Å². The normalized spacial score (nSPS) is 26.1. The molecule has 0 spiro atoms. The summed E-state index contributed by atoms with van der Waals surface area (Å²) >= 11 is 0. The molecule has 0 bridgehead atoms. The Morgan fingerprint density at radius 1 is 1.29 bits per heavy atom. The van der Waals surface area contributed by atoms with Gasteiger partial charge in [-0.2, -0.15) is 0 Å². The van der Waals surface area contributed by atoms with Crippen molar-refractivity contribution in [2.24, 2.45) is 4.99 Å². The second-order valence-electron chi connectivity index (χ2n) is 7.78. The first kappa shape index (κ1) is 25.4. The van der Waals surface area contributed by atoms with E-state index in [4.69, 9.17) is 9.47 Å². The maximum atomic E-state index is 12.0. The first-order chi connectivity index (χ1) is 12.9. The van der Waals surface area contributed by atoms with Crippen molar-refractivity contribution in [3.63, 3.8) is 0 Å². The van der Waals surface area contributed by atoms with Gasteiger partial charge in [-0.1, -0.05) is 0 Å². The fourth-order valence-electron chi connectivity index (χ4n) is 3.73. The van der Waals surface area contributed by atoms with Gasteiger partial charge in [0.15, 0.2) is 5.96 Å². The van der Waals surface area contributed by atoms with Crippen molar-refractivity contribution in [3.8, 4) is 0 Å². The fourth-order valence-corrected chi connectivity index (χ4v) is 3.73. The number of halogens is 1. The average Bonchev–Trinajstić information content (AvgIpc) is 3.14. The second kappa shape index (κ2) is 12.8. The number of piperazine rings is 1. The summed E-state index contributed by atoms with van der Waals surface area (Å²) in [6, 6.07) is 0.784. The van der Waals surface area contributed by atoms with E-state index in [0.717, 1.165) is 58.2 Å². The molecule has 0 aromatic rings. The lowest BCUT2D eigenvalue weighted by Crippen LogP contribution is -2.61. The lowest BCUT2D eigenvalue weighted by Gasteiger charge is -2.45. The molecule has 3 unspecified atom stereocenters. The molecule has 3 atom stereocenters. The highest BCUT2D eigenvalue weighted by atomic mass is 127. The molecule has 1 N–H and O–H groups in total. The molecule has 0 aliphatic carbocycles. The maximum Gasteiger partial charge on any atom is 0.243 e. The van der Waals surface area contributed by atoms with Gasteiger partial charge in [0.05, 0.1) is 12.7 Å². The summed E-state index contributed by atoms with van der Waals surface area (Å²) in [5, 5.41) is 3.46. The summed E-state index contributed by atoms with van der Waals surface area (Å²) in [6.45, 7) is 9.64. The van der Waals surface area contributed by atoms with Crippen LogP contribution in [-0.2, 0) is 14.3 Å². The number of ether oxygens (including phenoxy) is 2. The Labute approximate surface area is 187 Å². The Bertz CT molecular complexity index is 488. The summed E-state index contributed by atoms with van der Waals surface area (Å²) in [7, 11) is 5.26. The number of carbonyl (C=O) groups excluding carboxylic acids is 1. The highest BCUT2D eigenvalue weighted by molar-refractivity contribution is 14.0. The van der Waals surface area contributed by atoms with Crippen molar-refractivity contribution >= 4 is 35.8 Å².